The average Bonchev–Trinajstić information content (AvgIpc) is 2.79. The van der Waals surface area contributed by atoms with E-state index in [0.717, 1.165) is 36.5 Å². The quantitative estimate of drug-likeness (QED) is 0.904. The molecule has 1 aliphatic heterocycles. The monoisotopic (exact) mass is 287 g/mol. The van der Waals surface area contributed by atoms with E-state index in [-0.39, 0.29) is 17.3 Å². The maximum Gasteiger partial charge on any atom is 0.125 e. The number of nitrogens with zero attached hydrogens (tertiary/aromatic N) is 2. The first-order chi connectivity index (χ1) is 9.92. The van der Waals surface area contributed by atoms with Gasteiger partial charge in [-0.15, -0.1) is 0 Å². The number of anilines is 1. The van der Waals surface area contributed by atoms with Crippen molar-refractivity contribution in [1.82, 2.24) is 9.78 Å². The van der Waals surface area contributed by atoms with Crippen molar-refractivity contribution >= 4 is 5.82 Å². The molecule has 0 spiro atoms. The third-order valence-electron chi connectivity index (χ3n) is 3.77. The maximum absolute atomic E-state index is 13.1. The molecule has 2 heterocycles. The van der Waals surface area contributed by atoms with E-state index in [4.69, 9.17) is 5.10 Å². The molecule has 1 N–H and O–H groups in total. The van der Waals surface area contributed by atoms with Crippen LogP contribution in [0.1, 0.15) is 44.5 Å². The zero-order valence-electron chi connectivity index (χ0n) is 12.9. The lowest BCUT2D eigenvalue weighted by molar-refractivity contribution is 0.399. The van der Waals surface area contributed by atoms with Gasteiger partial charge in [0.2, 0.25) is 0 Å². The minimum absolute atomic E-state index is 0.190. The summed E-state index contributed by atoms with van der Waals surface area (Å²) in [5, 5.41) is 8.18. The van der Waals surface area contributed by atoms with Gasteiger partial charge in [0.15, 0.2) is 0 Å². The summed E-state index contributed by atoms with van der Waals surface area (Å²) in [7, 11) is 0. The second kappa shape index (κ2) is 5.17. The van der Waals surface area contributed by atoms with Gasteiger partial charge in [-0.2, -0.15) is 5.10 Å². The van der Waals surface area contributed by atoms with E-state index in [1.165, 1.54) is 12.1 Å². The van der Waals surface area contributed by atoms with Crippen LogP contribution in [-0.2, 0) is 6.42 Å². The molecule has 112 valence electrons. The van der Waals surface area contributed by atoms with Crippen LogP contribution in [0.25, 0.3) is 0 Å². The highest BCUT2D eigenvalue weighted by Crippen LogP contribution is 2.31. The van der Waals surface area contributed by atoms with Crippen LogP contribution < -0.4 is 5.32 Å². The molecule has 1 aromatic carbocycles. The van der Waals surface area contributed by atoms with Crippen LogP contribution in [-0.4, -0.2) is 16.3 Å². The molecule has 1 atom stereocenters. The van der Waals surface area contributed by atoms with Crippen molar-refractivity contribution < 1.29 is 4.39 Å². The number of nitrogens with one attached hydrogen (secondary N) is 1. The van der Waals surface area contributed by atoms with Crippen LogP contribution in [0.15, 0.2) is 30.3 Å². The van der Waals surface area contributed by atoms with Gasteiger partial charge in [0, 0.05) is 12.6 Å². The second-order valence-electron chi connectivity index (χ2n) is 6.99. The van der Waals surface area contributed by atoms with Crippen molar-refractivity contribution in [3.63, 3.8) is 0 Å². The number of aromatic nitrogens is 2. The average molecular weight is 287 g/mol. The minimum atomic E-state index is -0.193. The van der Waals surface area contributed by atoms with E-state index in [9.17, 15) is 4.39 Å². The van der Waals surface area contributed by atoms with Crippen LogP contribution in [0.3, 0.4) is 0 Å². The molecule has 2 aromatic rings. The highest BCUT2D eigenvalue weighted by atomic mass is 19.1. The Morgan fingerprint density at radius 1 is 1.29 bits per heavy atom. The zero-order valence-corrected chi connectivity index (χ0v) is 12.9. The molecule has 4 heteroatoms. The number of fused-ring (bicyclic) bond motifs is 1. The Morgan fingerprint density at radius 3 is 2.67 bits per heavy atom. The Morgan fingerprint density at radius 2 is 2.00 bits per heavy atom. The molecule has 3 rings (SSSR count). The first-order valence-corrected chi connectivity index (χ1v) is 7.50. The second-order valence-corrected chi connectivity index (χ2v) is 6.99. The maximum atomic E-state index is 13.1. The molecule has 0 fully saturated rings. The number of hydrogen-bond donors (Lipinski definition) is 1. The summed E-state index contributed by atoms with van der Waals surface area (Å²) in [5.41, 5.74) is 2.44. The smallest absolute Gasteiger partial charge is 0.125 e. The highest BCUT2D eigenvalue weighted by molar-refractivity contribution is 5.41. The fourth-order valence-electron chi connectivity index (χ4n) is 2.90. The molecule has 21 heavy (non-hydrogen) atoms. The first kappa shape index (κ1) is 14.1. The topological polar surface area (TPSA) is 29.9 Å². The molecular weight excluding hydrogens is 265 g/mol. The van der Waals surface area contributed by atoms with Crippen molar-refractivity contribution in [2.24, 2.45) is 5.41 Å². The Bertz CT molecular complexity index is 622. The van der Waals surface area contributed by atoms with E-state index in [1.54, 1.807) is 0 Å². The van der Waals surface area contributed by atoms with Gasteiger partial charge < -0.3 is 5.32 Å². The molecule has 1 aliphatic rings. The van der Waals surface area contributed by atoms with Gasteiger partial charge in [-0.25, -0.2) is 9.07 Å². The van der Waals surface area contributed by atoms with Crippen LogP contribution in [0.4, 0.5) is 10.2 Å². The lowest BCUT2D eigenvalue weighted by atomic mass is 9.91. The van der Waals surface area contributed by atoms with E-state index >= 15 is 0 Å². The predicted molar refractivity (Wildman–Crippen MR) is 83.0 cm³/mol. The minimum Gasteiger partial charge on any atom is -0.370 e. The predicted octanol–water partition coefficient (Wildman–Crippen LogP) is 4.02. The van der Waals surface area contributed by atoms with E-state index in [2.05, 4.69) is 36.8 Å². The molecule has 0 bridgehead atoms. The number of halogens is 1. The van der Waals surface area contributed by atoms with Gasteiger partial charge in [-0.1, -0.05) is 32.9 Å². The van der Waals surface area contributed by atoms with Crippen molar-refractivity contribution in [2.75, 3.05) is 11.9 Å². The molecule has 0 saturated carbocycles. The molecule has 1 aromatic heterocycles. The highest BCUT2D eigenvalue weighted by Gasteiger charge is 2.24. The van der Waals surface area contributed by atoms with Crippen LogP contribution in [0.5, 0.6) is 0 Å². The van der Waals surface area contributed by atoms with Gasteiger partial charge in [0.1, 0.15) is 11.6 Å². The Labute approximate surface area is 125 Å². The van der Waals surface area contributed by atoms with Crippen molar-refractivity contribution in [3.8, 4) is 0 Å². The largest absolute Gasteiger partial charge is 0.370 e. The summed E-state index contributed by atoms with van der Waals surface area (Å²) < 4.78 is 15.2. The molecule has 0 aliphatic carbocycles. The lowest BCUT2D eigenvalue weighted by Crippen LogP contribution is -2.24. The van der Waals surface area contributed by atoms with Gasteiger partial charge in [0.05, 0.1) is 11.7 Å². The van der Waals surface area contributed by atoms with Gasteiger partial charge >= 0.3 is 0 Å². The summed E-state index contributed by atoms with van der Waals surface area (Å²) in [5.74, 6) is 0.872. The number of benzene rings is 1. The Kier molecular flexibility index (Phi) is 3.47. The van der Waals surface area contributed by atoms with Crippen molar-refractivity contribution in [2.45, 2.75) is 39.7 Å². The van der Waals surface area contributed by atoms with E-state index in [0.29, 0.717) is 0 Å². The standard InChI is InChI=1S/C17H22FN3/c1-17(2,3)11-14-10-16-19-9-8-15(21(16)20-14)12-4-6-13(18)7-5-12/h4-7,10,15,19H,8-9,11H2,1-3H3. The Balaban J connectivity index is 1.92. The molecular formula is C17H22FN3. The van der Waals surface area contributed by atoms with E-state index < -0.39 is 0 Å². The Hall–Kier alpha value is -1.84. The van der Waals surface area contributed by atoms with Gasteiger partial charge in [-0.05, 0) is 36.0 Å². The summed E-state index contributed by atoms with van der Waals surface area (Å²) in [6.45, 7) is 7.57. The van der Waals surface area contributed by atoms with E-state index in [1.807, 2.05) is 12.1 Å². The van der Waals surface area contributed by atoms with Crippen LogP contribution in [0.2, 0.25) is 0 Å². The fourth-order valence-corrected chi connectivity index (χ4v) is 2.90. The summed E-state index contributed by atoms with van der Waals surface area (Å²) in [6, 6.07) is 9.10. The molecule has 0 amide bonds. The number of hydrogen-bond acceptors (Lipinski definition) is 2. The summed E-state index contributed by atoms with van der Waals surface area (Å²) in [6.07, 6.45) is 1.92. The first-order valence-electron chi connectivity index (χ1n) is 7.50. The van der Waals surface area contributed by atoms with Crippen molar-refractivity contribution in [1.29, 1.82) is 0 Å². The summed E-state index contributed by atoms with van der Waals surface area (Å²) in [4.78, 5) is 0. The zero-order chi connectivity index (χ0) is 15.0. The SMILES string of the molecule is CC(C)(C)Cc1cc2n(n1)C(c1ccc(F)cc1)CCN2. The summed E-state index contributed by atoms with van der Waals surface area (Å²) >= 11 is 0. The number of rotatable bonds is 2. The van der Waals surface area contributed by atoms with Crippen molar-refractivity contribution in [3.05, 3.63) is 47.4 Å². The van der Waals surface area contributed by atoms with Crippen LogP contribution >= 0.6 is 0 Å². The molecule has 0 radical (unpaired) electrons. The molecule has 1 unspecified atom stereocenters. The fraction of sp³-hybridized carbons (Fsp3) is 0.471. The molecule has 0 saturated heterocycles. The molecule has 3 nitrogen and oxygen atoms in total. The third kappa shape index (κ3) is 3.09. The van der Waals surface area contributed by atoms with Gasteiger partial charge in [-0.3, -0.25) is 0 Å². The van der Waals surface area contributed by atoms with Gasteiger partial charge in [0.25, 0.3) is 0 Å². The normalized spacial score (nSPS) is 18.2. The third-order valence-corrected chi connectivity index (χ3v) is 3.77. The lowest BCUT2D eigenvalue weighted by Gasteiger charge is -2.26. The van der Waals surface area contributed by atoms with Crippen LogP contribution in [0, 0.1) is 11.2 Å².